The van der Waals surface area contributed by atoms with Gasteiger partial charge in [-0.05, 0) is 72.2 Å². The lowest BCUT2D eigenvalue weighted by Crippen LogP contribution is -2.40. The maximum atomic E-state index is 13.4. The fourth-order valence-electron chi connectivity index (χ4n) is 5.49. The predicted molar refractivity (Wildman–Crippen MR) is 143 cm³/mol. The zero-order valence-corrected chi connectivity index (χ0v) is 21.4. The zero-order chi connectivity index (χ0) is 26.5. The van der Waals surface area contributed by atoms with E-state index in [1.54, 1.807) is 12.1 Å². The number of hydrogen-bond donors (Lipinski definition) is 1. The summed E-state index contributed by atoms with van der Waals surface area (Å²) in [6, 6.07) is 18.9. The molecule has 9 heteroatoms. The highest BCUT2D eigenvalue weighted by Crippen LogP contribution is 2.51. The van der Waals surface area contributed by atoms with Crippen LogP contribution in [-0.2, 0) is 31.4 Å². The second kappa shape index (κ2) is 9.25. The number of fused-ring (bicyclic) bond motifs is 1. The first-order valence-corrected chi connectivity index (χ1v) is 14.1. The van der Waals surface area contributed by atoms with Gasteiger partial charge in [0.2, 0.25) is 16.8 Å². The largest absolute Gasteiger partial charge is 0.480 e. The van der Waals surface area contributed by atoms with Crippen LogP contribution >= 0.6 is 0 Å². The number of hydrogen-bond acceptors (Lipinski definition) is 6. The van der Waals surface area contributed by atoms with Gasteiger partial charge in [-0.2, -0.15) is 4.31 Å². The maximum Gasteiger partial charge on any atom is 0.322 e. The Labute approximate surface area is 223 Å². The molecular formula is C29H31NO7S. The minimum atomic E-state index is -3.90. The third-order valence-electron chi connectivity index (χ3n) is 7.78. The van der Waals surface area contributed by atoms with Crippen molar-refractivity contribution in [1.82, 2.24) is 4.31 Å². The van der Waals surface area contributed by atoms with Crippen molar-refractivity contribution in [3.8, 4) is 22.6 Å². The predicted octanol–water partition coefficient (Wildman–Crippen LogP) is 4.66. The monoisotopic (exact) mass is 537 g/mol. The van der Waals surface area contributed by atoms with E-state index >= 15 is 0 Å². The van der Waals surface area contributed by atoms with E-state index in [2.05, 4.69) is 0 Å². The molecule has 200 valence electrons. The van der Waals surface area contributed by atoms with Crippen LogP contribution in [-0.4, -0.2) is 49.0 Å². The van der Waals surface area contributed by atoms with E-state index in [0.717, 1.165) is 39.4 Å². The number of benzene rings is 3. The normalized spacial score (nSPS) is 19.8. The van der Waals surface area contributed by atoms with Gasteiger partial charge in [-0.1, -0.05) is 42.5 Å². The van der Waals surface area contributed by atoms with E-state index in [-0.39, 0.29) is 26.9 Å². The first-order valence-electron chi connectivity index (χ1n) is 12.7. The number of sulfonamides is 1. The zero-order valence-electron chi connectivity index (χ0n) is 20.6. The Bertz CT molecular complexity index is 1540. The molecule has 1 N–H and O–H groups in total. The van der Waals surface area contributed by atoms with Gasteiger partial charge in [0.1, 0.15) is 11.8 Å². The molecule has 38 heavy (non-hydrogen) atoms. The van der Waals surface area contributed by atoms with Crippen molar-refractivity contribution in [1.29, 1.82) is 0 Å². The topological polar surface area (TPSA) is 110 Å². The van der Waals surface area contributed by atoms with Crippen LogP contribution in [0.5, 0.6) is 11.5 Å². The van der Waals surface area contributed by atoms with E-state index < -0.39 is 27.4 Å². The van der Waals surface area contributed by atoms with E-state index in [4.69, 9.17) is 9.47 Å². The van der Waals surface area contributed by atoms with Crippen LogP contribution in [0.4, 0.5) is 0 Å². The molecule has 2 aliphatic heterocycles. The van der Waals surface area contributed by atoms with E-state index in [0.29, 0.717) is 30.8 Å². The SMILES string of the molecule is O=C(O)[C@@H]1CCCN1S(=O)(=O)c1ccc(-c2cccc(CC(=O)C3(c4ccc5c(c4)OCO5)CC3)c2)cc1.[HH].[HH]. The molecule has 3 aromatic rings. The third kappa shape index (κ3) is 4.25. The molecule has 0 spiro atoms. The summed E-state index contributed by atoms with van der Waals surface area (Å²) in [4.78, 5) is 25.0. The molecule has 1 atom stereocenters. The quantitative estimate of drug-likeness (QED) is 0.445. The molecule has 8 nitrogen and oxygen atoms in total. The van der Waals surface area contributed by atoms with Crippen molar-refractivity contribution in [2.45, 2.75) is 48.5 Å². The van der Waals surface area contributed by atoms with Crippen molar-refractivity contribution in [2.24, 2.45) is 0 Å². The Balaban J connectivity index is 0.00000185. The maximum absolute atomic E-state index is 13.4. The van der Waals surface area contributed by atoms with Crippen molar-refractivity contribution in [2.75, 3.05) is 13.3 Å². The summed E-state index contributed by atoms with van der Waals surface area (Å²) in [5.74, 6) is 0.414. The molecule has 1 aliphatic carbocycles. The number of carbonyl (C=O) groups excluding carboxylic acids is 1. The average Bonchev–Trinajstić information content (AvgIpc) is 3.33. The standard InChI is InChI=1S/C29H27NO7S.2H2/c31-27(29(12-13-29)22-8-11-25-26(17-22)37-18-36-25)16-19-3-1-4-21(15-19)20-6-9-23(10-7-20)38(34,35)30-14-2-5-24(30)28(32)33;;/h1,3-4,6-11,15,17,24H,2,5,12-14,16,18H2,(H,32,33);2*1H/t24-;;/m0../s1. The number of carbonyl (C=O) groups is 2. The molecule has 0 radical (unpaired) electrons. The third-order valence-corrected chi connectivity index (χ3v) is 9.71. The van der Waals surface area contributed by atoms with Gasteiger partial charge in [0.25, 0.3) is 0 Å². The van der Waals surface area contributed by atoms with Gasteiger partial charge >= 0.3 is 5.97 Å². The molecule has 6 rings (SSSR count). The Hall–Kier alpha value is -3.69. The Morgan fingerprint density at radius 2 is 1.74 bits per heavy atom. The molecule has 2 heterocycles. The van der Waals surface area contributed by atoms with Crippen LogP contribution in [0.2, 0.25) is 0 Å². The minimum absolute atomic E-state index is 0. The van der Waals surface area contributed by atoms with Gasteiger partial charge in [0.15, 0.2) is 11.5 Å². The molecule has 0 unspecified atom stereocenters. The highest BCUT2D eigenvalue weighted by Gasteiger charge is 2.50. The van der Waals surface area contributed by atoms with Crippen LogP contribution in [0.3, 0.4) is 0 Å². The Morgan fingerprint density at radius 1 is 0.974 bits per heavy atom. The van der Waals surface area contributed by atoms with E-state index in [9.17, 15) is 23.1 Å². The first kappa shape index (κ1) is 24.6. The molecular weight excluding hydrogens is 506 g/mol. The van der Waals surface area contributed by atoms with Crippen LogP contribution in [0.25, 0.3) is 11.1 Å². The fourth-order valence-corrected chi connectivity index (χ4v) is 7.14. The Kier molecular flexibility index (Phi) is 6.00. The minimum Gasteiger partial charge on any atom is -0.480 e. The second-order valence-corrected chi connectivity index (χ2v) is 12.0. The first-order chi connectivity index (χ1) is 18.3. The molecule has 2 fully saturated rings. The van der Waals surface area contributed by atoms with Crippen LogP contribution in [0.1, 0.15) is 39.7 Å². The fraction of sp³-hybridized carbons (Fsp3) is 0.310. The lowest BCUT2D eigenvalue weighted by molar-refractivity contribution is -0.140. The van der Waals surface area contributed by atoms with E-state index in [1.807, 2.05) is 42.5 Å². The summed E-state index contributed by atoms with van der Waals surface area (Å²) in [5, 5.41) is 9.39. The average molecular weight is 538 g/mol. The van der Waals surface area contributed by atoms with Gasteiger partial charge < -0.3 is 14.6 Å². The van der Waals surface area contributed by atoms with Gasteiger partial charge in [-0.25, -0.2) is 8.42 Å². The molecule has 0 amide bonds. The summed E-state index contributed by atoms with van der Waals surface area (Å²) in [6.07, 6.45) is 2.74. The smallest absolute Gasteiger partial charge is 0.322 e. The number of nitrogens with zero attached hydrogens (tertiary/aromatic N) is 1. The molecule has 0 bridgehead atoms. The van der Waals surface area contributed by atoms with Gasteiger partial charge in [-0.15, -0.1) is 0 Å². The molecule has 3 aromatic carbocycles. The summed E-state index contributed by atoms with van der Waals surface area (Å²) in [5.41, 5.74) is 3.04. The lowest BCUT2D eigenvalue weighted by Gasteiger charge is -2.21. The summed E-state index contributed by atoms with van der Waals surface area (Å²) in [7, 11) is -3.90. The summed E-state index contributed by atoms with van der Waals surface area (Å²) < 4.78 is 38.1. The highest BCUT2D eigenvalue weighted by atomic mass is 32.2. The molecule has 1 saturated heterocycles. The van der Waals surface area contributed by atoms with Crippen molar-refractivity contribution < 1.29 is 35.4 Å². The molecule has 3 aliphatic rings. The van der Waals surface area contributed by atoms with Crippen LogP contribution in [0, 0.1) is 0 Å². The number of rotatable bonds is 8. The van der Waals surface area contributed by atoms with Crippen molar-refractivity contribution in [3.05, 3.63) is 77.9 Å². The van der Waals surface area contributed by atoms with Crippen molar-refractivity contribution >= 4 is 21.8 Å². The van der Waals surface area contributed by atoms with Gasteiger partial charge in [0, 0.05) is 15.8 Å². The number of ketones is 1. The van der Waals surface area contributed by atoms with Gasteiger partial charge in [0.05, 0.1) is 10.3 Å². The second-order valence-electron chi connectivity index (χ2n) is 10.1. The summed E-state index contributed by atoms with van der Waals surface area (Å²) >= 11 is 0. The molecule has 0 aromatic heterocycles. The Morgan fingerprint density at radius 3 is 2.47 bits per heavy atom. The molecule has 1 saturated carbocycles. The van der Waals surface area contributed by atoms with E-state index in [1.165, 1.54) is 12.1 Å². The number of aliphatic carboxylic acids is 1. The number of Topliss-reactive ketones (excluding diaryl/α,β-unsaturated/α-hetero) is 1. The summed E-state index contributed by atoms with van der Waals surface area (Å²) in [6.45, 7) is 0.394. The number of carboxylic acids is 1. The highest BCUT2D eigenvalue weighted by molar-refractivity contribution is 7.89. The van der Waals surface area contributed by atoms with Crippen molar-refractivity contribution in [3.63, 3.8) is 0 Å². The van der Waals surface area contributed by atoms with Gasteiger partial charge in [-0.3, -0.25) is 9.59 Å². The number of carboxylic acid groups (broad SMARTS) is 1. The van der Waals surface area contributed by atoms with Crippen LogP contribution < -0.4 is 9.47 Å². The van der Waals surface area contributed by atoms with Crippen LogP contribution in [0.15, 0.2) is 71.6 Å². The number of ether oxygens (including phenoxy) is 2. The lowest BCUT2D eigenvalue weighted by atomic mass is 9.87.